The van der Waals surface area contributed by atoms with Crippen molar-refractivity contribution in [2.75, 3.05) is 31.1 Å². The van der Waals surface area contributed by atoms with Gasteiger partial charge in [-0.1, -0.05) is 25.1 Å². The number of benzene rings is 1. The maximum absolute atomic E-state index is 12.8. The lowest BCUT2D eigenvalue weighted by Crippen LogP contribution is -2.41. The van der Waals surface area contributed by atoms with Gasteiger partial charge in [-0.15, -0.1) is 11.3 Å². The molecular formula is C21H29N5OS. The second-order valence-electron chi connectivity index (χ2n) is 6.72. The van der Waals surface area contributed by atoms with Gasteiger partial charge in [0.2, 0.25) is 5.91 Å². The Morgan fingerprint density at radius 2 is 2.14 bits per heavy atom. The Labute approximate surface area is 171 Å². The van der Waals surface area contributed by atoms with Gasteiger partial charge in [-0.3, -0.25) is 4.79 Å². The van der Waals surface area contributed by atoms with Gasteiger partial charge in [0.05, 0.1) is 5.01 Å². The fourth-order valence-corrected chi connectivity index (χ4v) is 4.14. The Morgan fingerprint density at radius 1 is 1.29 bits per heavy atom. The van der Waals surface area contributed by atoms with Gasteiger partial charge in [-0.2, -0.15) is 0 Å². The minimum absolute atomic E-state index is 0.0388. The Kier molecular flexibility index (Phi) is 7.42. The highest BCUT2D eigenvalue weighted by atomic mass is 32.1. The molecule has 1 amide bonds. The van der Waals surface area contributed by atoms with E-state index in [4.69, 9.17) is 0 Å². The first-order chi connectivity index (χ1) is 13.7. The van der Waals surface area contributed by atoms with Crippen LogP contribution in [0.2, 0.25) is 0 Å². The third kappa shape index (κ3) is 5.32. The zero-order valence-corrected chi connectivity index (χ0v) is 17.5. The van der Waals surface area contributed by atoms with E-state index in [1.807, 2.05) is 36.2 Å². The number of aliphatic imine (C=N–C) groups is 1. The normalized spacial score (nSPS) is 13.9. The van der Waals surface area contributed by atoms with Crippen molar-refractivity contribution in [2.24, 2.45) is 4.99 Å². The van der Waals surface area contributed by atoms with Crippen LogP contribution >= 0.6 is 11.3 Å². The van der Waals surface area contributed by atoms with Crippen molar-refractivity contribution in [1.82, 2.24) is 15.6 Å². The number of fused-ring (bicyclic) bond motifs is 1. The fourth-order valence-electron chi connectivity index (χ4n) is 3.28. The van der Waals surface area contributed by atoms with Crippen LogP contribution in [-0.2, 0) is 24.1 Å². The zero-order chi connectivity index (χ0) is 19.8. The third-order valence-corrected chi connectivity index (χ3v) is 5.91. The van der Waals surface area contributed by atoms with Crippen molar-refractivity contribution >= 4 is 28.9 Å². The predicted octanol–water partition coefficient (Wildman–Crippen LogP) is 2.78. The molecule has 1 aliphatic rings. The number of rotatable bonds is 7. The standard InChI is InChI=1S/C21H29N5OS/c1-3-17-14-24-19(28-17)11-12-23-21(22-4-2)25-15-20(27)26-13-7-9-16-8-5-6-10-18(16)26/h5-6,8,10,14H,3-4,7,9,11-13,15H2,1-2H3,(H2,22,23,25). The molecule has 0 spiro atoms. The van der Waals surface area contributed by atoms with Crippen molar-refractivity contribution in [1.29, 1.82) is 0 Å². The monoisotopic (exact) mass is 399 g/mol. The number of amides is 1. The summed E-state index contributed by atoms with van der Waals surface area (Å²) < 4.78 is 0. The summed E-state index contributed by atoms with van der Waals surface area (Å²) in [5.74, 6) is 0.713. The number of carbonyl (C=O) groups excluding carboxylic acids is 1. The number of nitrogens with one attached hydrogen (secondary N) is 2. The Bertz CT molecular complexity index is 817. The van der Waals surface area contributed by atoms with E-state index in [-0.39, 0.29) is 12.5 Å². The molecule has 7 heteroatoms. The van der Waals surface area contributed by atoms with Crippen LogP contribution in [0.3, 0.4) is 0 Å². The lowest BCUT2D eigenvalue weighted by atomic mass is 10.0. The summed E-state index contributed by atoms with van der Waals surface area (Å²) in [4.78, 5) is 24.9. The lowest BCUT2D eigenvalue weighted by Gasteiger charge is -2.29. The van der Waals surface area contributed by atoms with Crippen molar-refractivity contribution in [2.45, 2.75) is 39.5 Å². The minimum Gasteiger partial charge on any atom is -0.357 e. The zero-order valence-electron chi connectivity index (χ0n) is 16.7. The van der Waals surface area contributed by atoms with Gasteiger partial charge >= 0.3 is 0 Å². The van der Waals surface area contributed by atoms with Crippen molar-refractivity contribution in [3.05, 3.63) is 45.9 Å². The van der Waals surface area contributed by atoms with Gasteiger partial charge in [-0.25, -0.2) is 9.98 Å². The molecular weight excluding hydrogens is 370 g/mol. The first-order valence-electron chi connectivity index (χ1n) is 10.0. The van der Waals surface area contributed by atoms with E-state index in [0.717, 1.165) is 56.0 Å². The molecule has 2 N–H and O–H groups in total. The Morgan fingerprint density at radius 3 is 2.93 bits per heavy atom. The van der Waals surface area contributed by atoms with Crippen LogP contribution in [0.25, 0.3) is 0 Å². The molecule has 0 saturated carbocycles. The minimum atomic E-state index is 0.0388. The van der Waals surface area contributed by atoms with Crippen LogP contribution in [0.1, 0.15) is 35.7 Å². The van der Waals surface area contributed by atoms with Crippen LogP contribution in [0.5, 0.6) is 0 Å². The van der Waals surface area contributed by atoms with Crippen molar-refractivity contribution in [3.63, 3.8) is 0 Å². The number of guanidine groups is 1. The summed E-state index contributed by atoms with van der Waals surface area (Å²) in [5, 5.41) is 7.65. The smallest absolute Gasteiger partial charge is 0.248 e. The fraction of sp³-hybridized carbons (Fsp3) is 0.476. The van der Waals surface area contributed by atoms with Crippen LogP contribution in [0.4, 0.5) is 5.69 Å². The Balaban J connectivity index is 1.55. The summed E-state index contributed by atoms with van der Waals surface area (Å²) in [6.45, 7) is 6.56. The second-order valence-corrected chi connectivity index (χ2v) is 7.92. The molecule has 3 rings (SSSR count). The predicted molar refractivity (Wildman–Crippen MR) is 116 cm³/mol. The molecule has 0 bridgehead atoms. The highest BCUT2D eigenvalue weighted by Gasteiger charge is 2.21. The molecule has 1 aliphatic heterocycles. The highest BCUT2D eigenvalue weighted by Crippen LogP contribution is 2.26. The molecule has 2 aromatic rings. The molecule has 1 aromatic carbocycles. The van der Waals surface area contributed by atoms with Gasteiger partial charge in [0.15, 0.2) is 5.96 Å². The molecule has 6 nitrogen and oxygen atoms in total. The number of nitrogens with zero attached hydrogens (tertiary/aromatic N) is 3. The van der Waals surface area contributed by atoms with Gasteiger partial charge < -0.3 is 15.5 Å². The topological polar surface area (TPSA) is 69.6 Å². The average Bonchev–Trinajstić information content (AvgIpc) is 3.19. The second kappa shape index (κ2) is 10.2. The molecule has 28 heavy (non-hydrogen) atoms. The number of hydrogen-bond acceptors (Lipinski definition) is 4. The number of thiazole rings is 1. The van der Waals surface area contributed by atoms with E-state index < -0.39 is 0 Å². The van der Waals surface area contributed by atoms with E-state index in [1.165, 1.54) is 10.4 Å². The van der Waals surface area contributed by atoms with E-state index >= 15 is 0 Å². The molecule has 0 unspecified atom stereocenters. The molecule has 0 saturated heterocycles. The summed E-state index contributed by atoms with van der Waals surface area (Å²) in [6, 6.07) is 8.15. The molecule has 1 aromatic heterocycles. The Hall–Kier alpha value is -2.41. The van der Waals surface area contributed by atoms with Crippen LogP contribution in [-0.4, -0.2) is 43.0 Å². The maximum atomic E-state index is 12.8. The number of aromatic nitrogens is 1. The molecule has 0 atom stereocenters. The number of aryl methyl sites for hydroxylation is 2. The summed E-state index contributed by atoms with van der Waals surface area (Å²) in [5.41, 5.74) is 2.27. The summed E-state index contributed by atoms with van der Waals surface area (Å²) in [6.07, 6.45) is 5.86. The maximum Gasteiger partial charge on any atom is 0.248 e. The third-order valence-electron chi connectivity index (χ3n) is 4.71. The first kappa shape index (κ1) is 20.3. The molecule has 150 valence electrons. The van der Waals surface area contributed by atoms with Gasteiger partial charge in [-0.05, 0) is 37.8 Å². The van der Waals surface area contributed by atoms with Gasteiger partial charge in [0.25, 0.3) is 0 Å². The van der Waals surface area contributed by atoms with E-state index in [2.05, 4.69) is 33.6 Å². The number of carbonyl (C=O) groups is 1. The molecule has 0 radical (unpaired) electrons. The van der Waals surface area contributed by atoms with Gasteiger partial charge in [0.1, 0.15) is 6.54 Å². The molecule has 2 heterocycles. The average molecular weight is 400 g/mol. The first-order valence-corrected chi connectivity index (χ1v) is 10.9. The largest absolute Gasteiger partial charge is 0.357 e. The summed E-state index contributed by atoms with van der Waals surface area (Å²) >= 11 is 1.76. The number of para-hydroxylation sites is 1. The quantitative estimate of drug-likeness (QED) is 0.555. The number of hydrogen-bond donors (Lipinski definition) is 2. The van der Waals surface area contributed by atoms with Crippen molar-refractivity contribution < 1.29 is 4.79 Å². The summed E-state index contributed by atoms with van der Waals surface area (Å²) in [7, 11) is 0. The van der Waals surface area contributed by atoms with Crippen LogP contribution in [0, 0.1) is 0 Å². The van der Waals surface area contributed by atoms with Crippen molar-refractivity contribution in [3.8, 4) is 0 Å². The molecule has 0 aliphatic carbocycles. The lowest BCUT2D eigenvalue weighted by molar-refractivity contribution is -0.117. The van der Waals surface area contributed by atoms with Gasteiger partial charge in [0, 0.05) is 42.8 Å². The van der Waals surface area contributed by atoms with E-state index in [1.54, 1.807) is 11.3 Å². The number of anilines is 1. The van der Waals surface area contributed by atoms with Crippen LogP contribution < -0.4 is 15.5 Å². The molecule has 0 fully saturated rings. The highest BCUT2D eigenvalue weighted by molar-refractivity contribution is 7.11. The van der Waals surface area contributed by atoms with Crippen LogP contribution in [0.15, 0.2) is 35.5 Å². The van der Waals surface area contributed by atoms with E-state index in [0.29, 0.717) is 5.96 Å². The SMILES string of the molecule is CCNC(=NCC(=O)N1CCCc2ccccc21)NCCc1ncc(CC)s1. The van der Waals surface area contributed by atoms with E-state index in [9.17, 15) is 4.79 Å².